The van der Waals surface area contributed by atoms with Crippen LogP contribution in [0.5, 0.6) is 0 Å². The zero-order valence-electron chi connectivity index (χ0n) is 16.9. The van der Waals surface area contributed by atoms with Crippen LogP contribution in [0.1, 0.15) is 48.9 Å². The average Bonchev–Trinajstić information content (AvgIpc) is 3.06. The highest BCUT2D eigenvalue weighted by atomic mass is 16.2. The largest absolute Gasteiger partial charge is 0.349 e. The minimum Gasteiger partial charge on any atom is -0.349 e. The lowest BCUT2D eigenvalue weighted by Crippen LogP contribution is -2.29. The second-order valence-corrected chi connectivity index (χ2v) is 7.54. The molecule has 1 atom stereocenters. The zero-order chi connectivity index (χ0) is 20.8. The topological polar surface area (TPSA) is 78.5 Å². The van der Waals surface area contributed by atoms with E-state index in [2.05, 4.69) is 10.6 Å². The first kappa shape index (κ1) is 20.6. The van der Waals surface area contributed by atoms with Gasteiger partial charge in [-0.05, 0) is 36.6 Å². The van der Waals surface area contributed by atoms with Gasteiger partial charge in [0.1, 0.15) is 0 Å². The van der Waals surface area contributed by atoms with Gasteiger partial charge in [-0.2, -0.15) is 0 Å². The maximum Gasteiger partial charge on any atom is 0.226 e. The molecule has 1 saturated heterocycles. The third kappa shape index (κ3) is 5.91. The molecule has 2 N–H and O–H groups in total. The summed E-state index contributed by atoms with van der Waals surface area (Å²) in [5.74, 6) is -0.185. The fourth-order valence-electron chi connectivity index (χ4n) is 3.53. The van der Waals surface area contributed by atoms with Crippen molar-refractivity contribution >= 4 is 23.4 Å². The number of benzene rings is 2. The van der Waals surface area contributed by atoms with Crippen LogP contribution in [-0.4, -0.2) is 29.2 Å². The second kappa shape index (κ2) is 9.37. The molecule has 1 fully saturated rings. The molecule has 6 nitrogen and oxygen atoms in total. The summed E-state index contributed by atoms with van der Waals surface area (Å²) in [6, 6.07) is 14.9. The Hall–Kier alpha value is -3.15. The van der Waals surface area contributed by atoms with Gasteiger partial charge in [0.05, 0.1) is 12.5 Å². The first-order chi connectivity index (χ1) is 13.9. The zero-order valence-corrected chi connectivity index (χ0v) is 16.9. The number of nitrogens with one attached hydrogen (secondary N) is 2. The van der Waals surface area contributed by atoms with Crippen LogP contribution in [0, 0.1) is 6.92 Å². The molecule has 3 rings (SSSR count). The molecular formula is C23H27N3O3. The number of carbonyl (C=O) groups is 3. The molecule has 0 spiro atoms. The van der Waals surface area contributed by atoms with E-state index in [4.69, 9.17) is 0 Å². The van der Waals surface area contributed by atoms with Crippen molar-refractivity contribution in [2.75, 3.05) is 11.9 Å². The summed E-state index contributed by atoms with van der Waals surface area (Å²) >= 11 is 0. The van der Waals surface area contributed by atoms with Crippen molar-refractivity contribution in [2.24, 2.45) is 0 Å². The van der Waals surface area contributed by atoms with Gasteiger partial charge >= 0.3 is 0 Å². The van der Waals surface area contributed by atoms with Crippen molar-refractivity contribution < 1.29 is 14.4 Å². The van der Waals surface area contributed by atoms with E-state index in [0.717, 1.165) is 29.7 Å². The lowest BCUT2D eigenvalue weighted by atomic mass is 10.0. The van der Waals surface area contributed by atoms with Crippen LogP contribution >= 0.6 is 0 Å². The predicted molar refractivity (Wildman–Crippen MR) is 112 cm³/mol. The Labute approximate surface area is 171 Å². The molecule has 0 saturated carbocycles. The molecule has 1 unspecified atom stereocenters. The number of likely N-dealkylation sites (tertiary alicyclic amines) is 1. The second-order valence-electron chi connectivity index (χ2n) is 7.54. The van der Waals surface area contributed by atoms with Gasteiger partial charge in [0.15, 0.2) is 0 Å². The first-order valence-electron chi connectivity index (χ1n) is 9.91. The van der Waals surface area contributed by atoms with E-state index in [1.54, 1.807) is 0 Å². The number of hydrogen-bond acceptors (Lipinski definition) is 3. The summed E-state index contributed by atoms with van der Waals surface area (Å²) in [7, 11) is 0. The molecule has 152 valence electrons. The molecule has 1 heterocycles. The molecule has 2 aromatic rings. The van der Waals surface area contributed by atoms with Crippen LogP contribution < -0.4 is 10.6 Å². The Balaban J connectivity index is 1.65. The van der Waals surface area contributed by atoms with E-state index in [1.807, 2.05) is 60.4 Å². The molecule has 3 amide bonds. The van der Waals surface area contributed by atoms with Gasteiger partial charge in [-0.15, -0.1) is 0 Å². The molecule has 0 aliphatic carbocycles. The van der Waals surface area contributed by atoms with Gasteiger partial charge < -0.3 is 15.5 Å². The minimum absolute atomic E-state index is 0.136. The van der Waals surface area contributed by atoms with Gasteiger partial charge in [-0.25, -0.2) is 0 Å². The third-order valence-corrected chi connectivity index (χ3v) is 5.00. The lowest BCUT2D eigenvalue weighted by molar-refractivity contribution is -0.128. The SMILES string of the molecule is CC(=O)NC(CC(=O)Nc1cccc(CN2CCCC2=O)c1)c1ccc(C)cc1. The van der Waals surface area contributed by atoms with Crippen LogP contribution in [0.2, 0.25) is 0 Å². The third-order valence-electron chi connectivity index (χ3n) is 5.00. The Morgan fingerprint density at radius 2 is 1.90 bits per heavy atom. The van der Waals surface area contributed by atoms with E-state index in [-0.39, 0.29) is 24.1 Å². The monoisotopic (exact) mass is 393 g/mol. The Bertz CT molecular complexity index is 892. The van der Waals surface area contributed by atoms with E-state index in [1.165, 1.54) is 6.92 Å². The van der Waals surface area contributed by atoms with Gasteiger partial charge in [-0.3, -0.25) is 14.4 Å². The molecule has 0 bridgehead atoms. The molecule has 29 heavy (non-hydrogen) atoms. The highest BCUT2D eigenvalue weighted by Gasteiger charge is 2.20. The molecule has 0 aromatic heterocycles. The number of hydrogen-bond donors (Lipinski definition) is 2. The Morgan fingerprint density at radius 1 is 1.14 bits per heavy atom. The molecule has 6 heteroatoms. The maximum atomic E-state index is 12.6. The van der Waals surface area contributed by atoms with E-state index in [9.17, 15) is 14.4 Å². The molecule has 1 aliphatic heterocycles. The summed E-state index contributed by atoms with van der Waals surface area (Å²) in [6.07, 6.45) is 1.65. The highest BCUT2D eigenvalue weighted by molar-refractivity contribution is 5.91. The van der Waals surface area contributed by atoms with E-state index >= 15 is 0 Å². The minimum atomic E-state index is -0.390. The van der Waals surface area contributed by atoms with Crippen LogP contribution in [0.4, 0.5) is 5.69 Å². The molecule has 1 aliphatic rings. The summed E-state index contributed by atoms with van der Waals surface area (Å²) < 4.78 is 0. The number of aryl methyl sites for hydroxylation is 1. The fourth-order valence-corrected chi connectivity index (χ4v) is 3.53. The van der Waals surface area contributed by atoms with Gasteiger partial charge in [0, 0.05) is 32.1 Å². The molecule has 0 radical (unpaired) electrons. The van der Waals surface area contributed by atoms with E-state index in [0.29, 0.717) is 18.7 Å². The lowest BCUT2D eigenvalue weighted by Gasteiger charge is -2.19. The van der Waals surface area contributed by atoms with Crippen LogP contribution in [0.25, 0.3) is 0 Å². The van der Waals surface area contributed by atoms with Crippen molar-refractivity contribution in [3.05, 3.63) is 65.2 Å². The average molecular weight is 393 g/mol. The Kier molecular flexibility index (Phi) is 6.65. The van der Waals surface area contributed by atoms with Crippen molar-refractivity contribution in [1.29, 1.82) is 0 Å². The Morgan fingerprint density at radius 3 is 2.55 bits per heavy atom. The van der Waals surface area contributed by atoms with Crippen molar-refractivity contribution in [3.63, 3.8) is 0 Å². The summed E-state index contributed by atoms with van der Waals surface area (Å²) in [6.45, 7) is 4.78. The predicted octanol–water partition coefficient (Wildman–Crippen LogP) is 3.32. The first-order valence-corrected chi connectivity index (χ1v) is 9.91. The van der Waals surface area contributed by atoms with Crippen LogP contribution in [0.3, 0.4) is 0 Å². The van der Waals surface area contributed by atoms with E-state index < -0.39 is 6.04 Å². The summed E-state index contributed by atoms with van der Waals surface area (Å²) in [5.41, 5.74) is 3.68. The fraction of sp³-hybridized carbons (Fsp3) is 0.348. The number of amides is 3. The maximum absolute atomic E-state index is 12.6. The van der Waals surface area contributed by atoms with Gasteiger partial charge in [-0.1, -0.05) is 42.0 Å². The number of nitrogens with zero attached hydrogens (tertiary/aromatic N) is 1. The van der Waals surface area contributed by atoms with Crippen molar-refractivity contribution in [2.45, 2.75) is 45.7 Å². The molecule has 2 aromatic carbocycles. The van der Waals surface area contributed by atoms with Crippen molar-refractivity contribution in [3.8, 4) is 0 Å². The van der Waals surface area contributed by atoms with Crippen LogP contribution in [-0.2, 0) is 20.9 Å². The van der Waals surface area contributed by atoms with Crippen LogP contribution in [0.15, 0.2) is 48.5 Å². The number of rotatable bonds is 7. The highest BCUT2D eigenvalue weighted by Crippen LogP contribution is 2.20. The molecular weight excluding hydrogens is 366 g/mol. The normalized spacial score (nSPS) is 14.6. The van der Waals surface area contributed by atoms with Crippen molar-refractivity contribution in [1.82, 2.24) is 10.2 Å². The summed E-state index contributed by atoms with van der Waals surface area (Å²) in [4.78, 5) is 37.9. The summed E-state index contributed by atoms with van der Waals surface area (Å²) in [5, 5.41) is 5.76. The number of carbonyl (C=O) groups excluding carboxylic acids is 3. The van der Waals surface area contributed by atoms with Gasteiger partial charge in [0.2, 0.25) is 17.7 Å². The quantitative estimate of drug-likeness (QED) is 0.757. The smallest absolute Gasteiger partial charge is 0.226 e. The van der Waals surface area contributed by atoms with Gasteiger partial charge in [0.25, 0.3) is 0 Å². The number of anilines is 1. The standard InChI is InChI=1S/C23H27N3O3/c1-16-8-10-19(11-9-16)21(24-17(2)27)14-22(28)25-20-6-3-5-18(13-20)15-26-12-4-7-23(26)29/h3,5-6,8-11,13,21H,4,7,12,14-15H2,1-2H3,(H,24,27)(H,25,28).